The van der Waals surface area contributed by atoms with Crippen LogP contribution in [0.2, 0.25) is 0 Å². The van der Waals surface area contributed by atoms with Gasteiger partial charge in [-0.05, 0) is 36.8 Å². The highest BCUT2D eigenvalue weighted by Gasteiger charge is 2.40. The van der Waals surface area contributed by atoms with Crippen LogP contribution in [0.15, 0.2) is 48.0 Å². The smallest absolute Gasteiger partial charge is 0.270 e. The van der Waals surface area contributed by atoms with Gasteiger partial charge in [-0.3, -0.25) is 19.4 Å². The van der Waals surface area contributed by atoms with Crippen LogP contribution < -0.4 is 19.1 Å². The number of methoxy groups -OCH3 is 3. The molecule has 1 aliphatic heterocycles. The van der Waals surface area contributed by atoms with Crippen molar-refractivity contribution >= 4 is 40.9 Å². The van der Waals surface area contributed by atoms with Gasteiger partial charge in [0.2, 0.25) is 0 Å². The normalized spacial score (nSPS) is 15.5. The number of carbonyl (C=O) groups excluding carboxylic acids is 2. The molecule has 0 bridgehead atoms. The summed E-state index contributed by atoms with van der Waals surface area (Å²) >= 11 is 5.51. The van der Waals surface area contributed by atoms with Gasteiger partial charge in [0.25, 0.3) is 11.8 Å². The van der Waals surface area contributed by atoms with Gasteiger partial charge in [-0.25, -0.2) is 0 Å². The molecule has 1 aliphatic rings. The van der Waals surface area contributed by atoms with Gasteiger partial charge >= 0.3 is 0 Å². The van der Waals surface area contributed by atoms with Crippen molar-refractivity contribution in [2.75, 3.05) is 32.8 Å². The zero-order valence-corrected chi connectivity index (χ0v) is 18.7. The third kappa shape index (κ3) is 4.25. The third-order valence-electron chi connectivity index (χ3n) is 4.83. The van der Waals surface area contributed by atoms with Gasteiger partial charge in [-0.1, -0.05) is 25.1 Å². The van der Waals surface area contributed by atoms with Gasteiger partial charge in [0.1, 0.15) is 22.8 Å². The second-order valence-corrected chi connectivity index (χ2v) is 7.08. The van der Waals surface area contributed by atoms with Crippen molar-refractivity contribution in [1.29, 1.82) is 0 Å². The van der Waals surface area contributed by atoms with E-state index < -0.39 is 11.8 Å². The molecule has 0 atom stereocenters. The minimum Gasteiger partial charge on any atom is -0.496 e. The first-order chi connectivity index (χ1) is 15.0. The van der Waals surface area contributed by atoms with Crippen molar-refractivity contribution in [3.8, 4) is 17.2 Å². The number of para-hydroxylation sites is 1. The molecule has 1 fully saturated rings. The maximum atomic E-state index is 13.4. The fourth-order valence-corrected chi connectivity index (χ4v) is 3.68. The summed E-state index contributed by atoms with van der Waals surface area (Å²) in [4.78, 5) is 29.5. The lowest BCUT2D eigenvalue weighted by Crippen LogP contribution is -2.56. The van der Waals surface area contributed by atoms with Crippen LogP contribution in [0.1, 0.15) is 18.9 Å². The molecular weight excluding hydrogens is 416 g/mol. The Labute approximate surface area is 186 Å². The number of rotatable bonds is 7. The highest BCUT2D eigenvalue weighted by atomic mass is 32.1. The summed E-state index contributed by atoms with van der Waals surface area (Å²) in [5.41, 5.74) is 1.01. The second-order valence-electron chi connectivity index (χ2n) is 6.72. The molecule has 2 amide bonds. The van der Waals surface area contributed by atoms with Crippen molar-refractivity contribution in [3.05, 3.63) is 53.6 Å². The molecule has 2 aromatic carbocycles. The molecule has 0 unspecified atom stereocenters. The first-order valence-corrected chi connectivity index (χ1v) is 10.1. The quantitative estimate of drug-likeness (QED) is 0.372. The fourth-order valence-electron chi connectivity index (χ4n) is 3.32. The van der Waals surface area contributed by atoms with Crippen LogP contribution in [-0.2, 0) is 9.59 Å². The number of carbonyl (C=O) groups is 2. The molecule has 0 saturated carbocycles. The minimum absolute atomic E-state index is 0.0346. The van der Waals surface area contributed by atoms with E-state index in [0.29, 0.717) is 41.5 Å². The lowest BCUT2D eigenvalue weighted by molar-refractivity contribution is -0.127. The van der Waals surface area contributed by atoms with E-state index in [1.54, 1.807) is 24.3 Å². The van der Waals surface area contributed by atoms with Crippen molar-refractivity contribution in [3.63, 3.8) is 0 Å². The Bertz CT molecular complexity index is 1010. The van der Waals surface area contributed by atoms with Crippen LogP contribution in [-0.4, -0.2) is 49.7 Å². The van der Waals surface area contributed by atoms with E-state index in [1.807, 2.05) is 25.1 Å². The fraction of sp³-hybridized carbons (Fsp3) is 0.261. The van der Waals surface area contributed by atoms with Crippen molar-refractivity contribution in [2.45, 2.75) is 13.3 Å². The van der Waals surface area contributed by atoms with Crippen LogP contribution in [0.4, 0.5) is 5.69 Å². The van der Waals surface area contributed by atoms with Gasteiger partial charge in [-0.2, -0.15) is 0 Å². The molecular formula is C23H24N2O5S. The Morgan fingerprint density at radius 3 is 2.06 bits per heavy atom. The Hall–Kier alpha value is -3.39. The summed E-state index contributed by atoms with van der Waals surface area (Å²) in [5.74, 6) is 0.380. The number of thiocarbonyl (C=S) groups is 1. The Morgan fingerprint density at radius 1 is 0.935 bits per heavy atom. The van der Waals surface area contributed by atoms with Gasteiger partial charge in [-0.15, -0.1) is 0 Å². The topological polar surface area (TPSA) is 68.3 Å². The van der Waals surface area contributed by atoms with E-state index in [4.69, 9.17) is 26.4 Å². The summed E-state index contributed by atoms with van der Waals surface area (Å²) in [5, 5.41) is 0.161. The van der Waals surface area contributed by atoms with E-state index in [1.165, 1.54) is 37.2 Å². The maximum absolute atomic E-state index is 13.4. The first-order valence-electron chi connectivity index (χ1n) is 9.73. The van der Waals surface area contributed by atoms with E-state index >= 15 is 0 Å². The average molecular weight is 441 g/mol. The zero-order valence-electron chi connectivity index (χ0n) is 17.9. The number of hydrogen-bond donors (Lipinski definition) is 0. The Morgan fingerprint density at radius 2 is 1.55 bits per heavy atom. The lowest BCUT2D eigenvalue weighted by Gasteiger charge is -2.36. The second kappa shape index (κ2) is 9.61. The molecule has 0 radical (unpaired) electrons. The van der Waals surface area contributed by atoms with Crippen LogP contribution in [0.25, 0.3) is 6.08 Å². The summed E-state index contributed by atoms with van der Waals surface area (Å²) in [6.45, 7) is 2.33. The SMILES string of the molecule is CCCN1C(=O)/C(=C\c2c(OC)cc(OC)cc2OC)C(=O)N(c2ccccc2)C1=S. The molecule has 1 heterocycles. The van der Waals surface area contributed by atoms with Gasteiger partial charge in [0.05, 0.1) is 32.6 Å². The predicted molar refractivity (Wildman–Crippen MR) is 123 cm³/mol. The first kappa shape index (κ1) is 22.3. The number of anilines is 1. The summed E-state index contributed by atoms with van der Waals surface area (Å²) < 4.78 is 16.2. The number of nitrogens with zero attached hydrogens (tertiary/aromatic N) is 2. The Kier molecular flexibility index (Phi) is 6.91. The number of hydrogen-bond acceptors (Lipinski definition) is 6. The maximum Gasteiger partial charge on any atom is 0.270 e. The number of amides is 2. The number of ether oxygens (including phenoxy) is 3. The molecule has 162 valence electrons. The van der Waals surface area contributed by atoms with Crippen LogP contribution in [0, 0.1) is 0 Å². The number of benzene rings is 2. The summed E-state index contributed by atoms with van der Waals surface area (Å²) in [7, 11) is 4.52. The van der Waals surface area contributed by atoms with E-state index in [-0.39, 0.29) is 10.7 Å². The largest absolute Gasteiger partial charge is 0.496 e. The molecule has 3 rings (SSSR count). The zero-order chi connectivity index (χ0) is 22.5. The van der Waals surface area contributed by atoms with Gasteiger partial charge in [0, 0.05) is 18.7 Å². The molecule has 0 aromatic heterocycles. The minimum atomic E-state index is -0.506. The van der Waals surface area contributed by atoms with Crippen LogP contribution >= 0.6 is 12.2 Å². The third-order valence-corrected chi connectivity index (χ3v) is 5.24. The molecule has 0 N–H and O–H groups in total. The van der Waals surface area contributed by atoms with Crippen LogP contribution in [0.3, 0.4) is 0 Å². The van der Waals surface area contributed by atoms with Gasteiger partial charge < -0.3 is 14.2 Å². The lowest BCUT2D eigenvalue weighted by atomic mass is 10.0. The molecule has 31 heavy (non-hydrogen) atoms. The van der Waals surface area contributed by atoms with E-state index in [0.717, 1.165) is 0 Å². The molecule has 1 saturated heterocycles. The standard InChI is InChI=1S/C23H24N2O5S/c1-5-11-24-21(26)18(22(27)25(23(24)31)15-9-7-6-8-10-15)14-17-19(29-3)12-16(28-2)13-20(17)30-4/h6-10,12-14H,5,11H2,1-4H3/b18-14+. The van der Waals surface area contributed by atoms with Crippen molar-refractivity contribution in [1.82, 2.24) is 4.90 Å². The average Bonchev–Trinajstić information content (AvgIpc) is 2.79. The summed E-state index contributed by atoms with van der Waals surface area (Å²) in [6.07, 6.45) is 2.17. The van der Waals surface area contributed by atoms with Crippen LogP contribution in [0.5, 0.6) is 17.2 Å². The molecule has 8 heteroatoms. The molecule has 2 aromatic rings. The van der Waals surface area contributed by atoms with Crippen molar-refractivity contribution < 1.29 is 23.8 Å². The van der Waals surface area contributed by atoms with Gasteiger partial charge in [0.15, 0.2) is 5.11 Å². The Balaban J connectivity index is 2.19. The highest BCUT2D eigenvalue weighted by molar-refractivity contribution is 7.80. The highest BCUT2D eigenvalue weighted by Crippen LogP contribution is 2.37. The molecule has 7 nitrogen and oxygen atoms in total. The summed E-state index contributed by atoms with van der Waals surface area (Å²) in [6, 6.07) is 12.3. The van der Waals surface area contributed by atoms with E-state index in [9.17, 15) is 9.59 Å². The monoisotopic (exact) mass is 440 g/mol. The van der Waals surface area contributed by atoms with E-state index in [2.05, 4.69) is 0 Å². The molecule has 0 spiro atoms. The molecule has 0 aliphatic carbocycles. The van der Waals surface area contributed by atoms with Crippen molar-refractivity contribution in [2.24, 2.45) is 0 Å². The predicted octanol–water partition coefficient (Wildman–Crippen LogP) is 3.67.